The Kier molecular flexibility index (Phi) is 4.56. The molecule has 1 aromatic rings. The zero-order valence-electron chi connectivity index (χ0n) is 11.7. The van der Waals surface area contributed by atoms with Gasteiger partial charge < -0.3 is 0 Å². The van der Waals surface area contributed by atoms with Crippen molar-refractivity contribution < 1.29 is 4.79 Å². The number of nitrogens with one attached hydrogen (secondary N) is 1. The molecule has 1 saturated heterocycles. The molecule has 1 aromatic carbocycles. The monoisotopic (exact) mass is 261 g/mol. The first-order chi connectivity index (χ1) is 9.13. The Morgan fingerprint density at radius 2 is 2.16 bits per heavy atom. The standard InChI is InChI=1S/C15H23N3O/c1-11-6-5-9-18(12(11)2)10-13-7-3-4-8-14(13)15(19)17-16/h3-4,7-8,11-12H,5-6,9-10,16H2,1-2H3,(H,17,19). The maximum Gasteiger partial charge on any atom is 0.265 e. The van der Waals surface area contributed by atoms with E-state index in [2.05, 4.69) is 24.2 Å². The maximum atomic E-state index is 11.8. The van der Waals surface area contributed by atoms with Gasteiger partial charge in [-0.15, -0.1) is 0 Å². The molecule has 0 radical (unpaired) electrons. The number of nitrogens with zero attached hydrogens (tertiary/aromatic N) is 1. The van der Waals surface area contributed by atoms with Gasteiger partial charge in [-0.3, -0.25) is 15.1 Å². The lowest BCUT2D eigenvalue weighted by atomic mass is 9.91. The van der Waals surface area contributed by atoms with Crippen molar-refractivity contribution in [3.05, 3.63) is 35.4 Å². The normalized spacial score (nSPS) is 24.2. The second-order valence-corrected chi connectivity index (χ2v) is 5.46. The largest absolute Gasteiger partial charge is 0.296 e. The molecular formula is C15H23N3O. The number of hydrazine groups is 1. The molecule has 0 saturated carbocycles. The van der Waals surface area contributed by atoms with Crippen molar-refractivity contribution in [1.82, 2.24) is 10.3 Å². The van der Waals surface area contributed by atoms with Gasteiger partial charge in [-0.25, -0.2) is 5.84 Å². The van der Waals surface area contributed by atoms with Crippen LogP contribution in [-0.4, -0.2) is 23.4 Å². The van der Waals surface area contributed by atoms with Crippen LogP contribution >= 0.6 is 0 Å². The van der Waals surface area contributed by atoms with E-state index in [1.54, 1.807) is 0 Å². The zero-order valence-corrected chi connectivity index (χ0v) is 11.7. The summed E-state index contributed by atoms with van der Waals surface area (Å²) in [5.41, 5.74) is 3.95. The fourth-order valence-corrected chi connectivity index (χ4v) is 2.82. The number of hydrogen-bond donors (Lipinski definition) is 2. The number of likely N-dealkylation sites (tertiary alicyclic amines) is 1. The van der Waals surface area contributed by atoms with Crippen LogP contribution in [0.3, 0.4) is 0 Å². The van der Waals surface area contributed by atoms with E-state index in [-0.39, 0.29) is 5.91 Å². The van der Waals surface area contributed by atoms with Gasteiger partial charge in [-0.05, 0) is 43.9 Å². The number of nitrogen functional groups attached to an aromatic ring is 1. The maximum absolute atomic E-state index is 11.8. The van der Waals surface area contributed by atoms with Gasteiger partial charge in [0.25, 0.3) is 5.91 Å². The summed E-state index contributed by atoms with van der Waals surface area (Å²) in [5.74, 6) is 5.74. The van der Waals surface area contributed by atoms with E-state index in [1.807, 2.05) is 24.3 Å². The van der Waals surface area contributed by atoms with E-state index < -0.39 is 0 Å². The molecule has 1 aliphatic rings. The topological polar surface area (TPSA) is 58.4 Å². The van der Waals surface area contributed by atoms with Gasteiger partial charge >= 0.3 is 0 Å². The third-order valence-electron chi connectivity index (χ3n) is 4.27. The first-order valence-electron chi connectivity index (χ1n) is 6.96. The summed E-state index contributed by atoms with van der Waals surface area (Å²) < 4.78 is 0. The molecule has 0 aliphatic carbocycles. The highest BCUT2D eigenvalue weighted by Crippen LogP contribution is 2.25. The zero-order chi connectivity index (χ0) is 13.8. The average molecular weight is 261 g/mol. The molecule has 3 N–H and O–H groups in total. The Balaban J connectivity index is 2.16. The summed E-state index contributed by atoms with van der Waals surface area (Å²) in [6.45, 7) is 6.49. The van der Waals surface area contributed by atoms with Crippen LogP contribution in [0.1, 0.15) is 42.6 Å². The number of amides is 1. The first-order valence-corrected chi connectivity index (χ1v) is 6.96. The molecule has 2 atom stereocenters. The van der Waals surface area contributed by atoms with Crippen LogP contribution in [-0.2, 0) is 6.54 Å². The molecule has 0 bridgehead atoms. The molecule has 1 amide bonds. The lowest BCUT2D eigenvalue weighted by Crippen LogP contribution is -2.42. The minimum absolute atomic E-state index is 0.215. The second kappa shape index (κ2) is 6.17. The van der Waals surface area contributed by atoms with Gasteiger partial charge in [0.05, 0.1) is 0 Å². The number of nitrogens with two attached hydrogens (primary N) is 1. The van der Waals surface area contributed by atoms with E-state index in [1.165, 1.54) is 12.8 Å². The minimum atomic E-state index is -0.215. The molecule has 4 heteroatoms. The van der Waals surface area contributed by atoms with Crippen LogP contribution in [0.2, 0.25) is 0 Å². The molecule has 4 nitrogen and oxygen atoms in total. The first kappa shape index (κ1) is 14.0. The van der Waals surface area contributed by atoms with Gasteiger partial charge in [-0.2, -0.15) is 0 Å². The molecule has 0 spiro atoms. The predicted octanol–water partition coefficient (Wildman–Crippen LogP) is 1.91. The van der Waals surface area contributed by atoms with E-state index in [9.17, 15) is 4.79 Å². The van der Waals surface area contributed by atoms with E-state index in [4.69, 9.17) is 5.84 Å². The van der Waals surface area contributed by atoms with Crippen LogP contribution in [0, 0.1) is 5.92 Å². The van der Waals surface area contributed by atoms with Crippen molar-refractivity contribution in [2.24, 2.45) is 11.8 Å². The van der Waals surface area contributed by atoms with E-state index in [0.717, 1.165) is 18.7 Å². The number of piperidine rings is 1. The highest BCUT2D eigenvalue weighted by atomic mass is 16.2. The van der Waals surface area contributed by atoms with E-state index in [0.29, 0.717) is 17.5 Å². The number of hydrogen-bond acceptors (Lipinski definition) is 3. The molecule has 0 aromatic heterocycles. The molecule has 1 aliphatic heterocycles. The third kappa shape index (κ3) is 3.14. The van der Waals surface area contributed by atoms with Gasteiger partial charge in [0.2, 0.25) is 0 Å². The highest BCUT2D eigenvalue weighted by Gasteiger charge is 2.25. The number of benzene rings is 1. The van der Waals surface area contributed by atoms with Crippen molar-refractivity contribution in [3.63, 3.8) is 0 Å². The van der Waals surface area contributed by atoms with Gasteiger partial charge in [0.15, 0.2) is 0 Å². The Morgan fingerprint density at radius 1 is 1.42 bits per heavy atom. The second-order valence-electron chi connectivity index (χ2n) is 5.46. The van der Waals surface area contributed by atoms with Crippen LogP contribution in [0.4, 0.5) is 0 Å². The van der Waals surface area contributed by atoms with Crippen LogP contribution in [0.15, 0.2) is 24.3 Å². The van der Waals surface area contributed by atoms with Crippen LogP contribution < -0.4 is 11.3 Å². The number of carbonyl (C=O) groups excluding carboxylic acids is 1. The SMILES string of the molecule is CC1CCCN(Cc2ccccc2C(=O)NN)C1C. The molecule has 1 fully saturated rings. The summed E-state index contributed by atoms with van der Waals surface area (Å²) >= 11 is 0. The van der Waals surface area contributed by atoms with Crippen molar-refractivity contribution in [2.75, 3.05) is 6.54 Å². The Morgan fingerprint density at radius 3 is 2.89 bits per heavy atom. The Hall–Kier alpha value is -1.39. The smallest absolute Gasteiger partial charge is 0.265 e. The lowest BCUT2D eigenvalue weighted by Gasteiger charge is -2.38. The summed E-state index contributed by atoms with van der Waals surface area (Å²) in [7, 11) is 0. The fourth-order valence-electron chi connectivity index (χ4n) is 2.82. The van der Waals surface area contributed by atoms with Crippen LogP contribution in [0.25, 0.3) is 0 Å². The number of carbonyl (C=O) groups is 1. The summed E-state index contributed by atoms with van der Waals surface area (Å²) in [5, 5.41) is 0. The molecular weight excluding hydrogens is 238 g/mol. The van der Waals surface area contributed by atoms with Crippen molar-refractivity contribution >= 4 is 5.91 Å². The summed E-state index contributed by atoms with van der Waals surface area (Å²) in [6, 6.07) is 8.24. The molecule has 2 rings (SSSR count). The number of rotatable bonds is 3. The van der Waals surface area contributed by atoms with Crippen LogP contribution in [0.5, 0.6) is 0 Å². The third-order valence-corrected chi connectivity index (χ3v) is 4.27. The quantitative estimate of drug-likeness (QED) is 0.496. The Bertz CT molecular complexity index is 447. The Labute approximate surface area is 114 Å². The highest BCUT2D eigenvalue weighted by molar-refractivity contribution is 5.95. The van der Waals surface area contributed by atoms with Crippen molar-refractivity contribution in [3.8, 4) is 0 Å². The van der Waals surface area contributed by atoms with Gasteiger partial charge in [0, 0.05) is 18.2 Å². The van der Waals surface area contributed by atoms with E-state index >= 15 is 0 Å². The predicted molar refractivity (Wildman–Crippen MR) is 76.4 cm³/mol. The lowest BCUT2D eigenvalue weighted by molar-refractivity contribution is 0.0938. The summed E-state index contributed by atoms with van der Waals surface area (Å²) in [6.07, 6.45) is 2.53. The summed E-state index contributed by atoms with van der Waals surface area (Å²) in [4.78, 5) is 14.2. The molecule has 104 valence electrons. The minimum Gasteiger partial charge on any atom is -0.296 e. The van der Waals surface area contributed by atoms with Crippen molar-refractivity contribution in [2.45, 2.75) is 39.3 Å². The fraction of sp³-hybridized carbons (Fsp3) is 0.533. The molecule has 19 heavy (non-hydrogen) atoms. The molecule has 2 unspecified atom stereocenters. The average Bonchev–Trinajstić information content (AvgIpc) is 2.43. The van der Waals surface area contributed by atoms with Crippen molar-refractivity contribution in [1.29, 1.82) is 0 Å². The van der Waals surface area contributed by atoms with Gasteiger partial charge in [0.1, 0.15) is 0 Å². The molecule has 1 heterocycles. The van der Waals surface area contributed by atoms with Gasteiger partial charge in [-0.1, -0.05) is 25.1 Å².